The summed E-state index contributed by atoms with van der Waals surface area (Å²) in [5, 5.41) is 0. The molecule has 0 N–H and O–H groups in total. The lowest BCUT2D eigenvalue weighted by molar-refractivity contribution is 0.0597. The highest BCUT2D eigenvalue weighted by molar-refractivity contribution is 8.13. The Balaban J connectivity index is 3.38. The smallest absolute Gasteiger partial charge is 0.341 e. The van der Waals surface area contributed by atoms with Gasteiger partial charge in [0.25, 0.3) is 9.05 Å². The predicted octanol–water partition coefficient (Wildman–Crippen LogP) is 1.41. The van der Waals surface area contributed by atoms with Crippen LogP contribution in [0.5, 0.6) is 5.75 Å². The van der Waals surface area contributed by atoms with Crippen molar-refractivity contribution in [2.24, 2.45) is 0 Å². The summed E-state index contributed by atoms with van der Waals surface area (Å²) in [5.41, 5.74) is 0.00623. The van der Waals surface area contributed by atoms with Crippen molar-refractivity contribution in [2.45, 2.75) is 4.90 Å². The molecular weight excluding hydrogens is 256 g/mol. The maximum Gasteiger partial charge on any atom is 0.341 e. The Morgan fingerprint density at radius 3 is 2.38 bits per heavy atom. The van der Waals surface area contributed by atoms with Crippen molar-refractivity contribution in [1.29, 1.82) is 0 Å². The molecule has 0 aliphatic carbocycles. The highest BCUT2D eigenvalue weighted by atomic mass is 35.7. The number of esters is 1. The molecule has 1 rings (SSSR count). The minimum Gasteiger partial charge on any atom is -0.496 e. The van der Waals surface area contributed by atoms with Crippen LogP contribution in [0.4, 0.5) is 0 Å². The van der Waals surface area contributed by atoms with Gasteiger partial charge in [-0.25, -0.2) is 13.2 Å². The standard InChI is InChI=1S/C9H9ClO5S/c1-14-8-4-3-6(16(10,12)13)5-7(8)9(11)15-2/h3-5H,1-2H3. The van der Waals surface area contributed by atoms with Crippen molar-refractivity contribution in [2.75, 3.05) is 14.2 Å². The average molecular weight is 265 g/mol. The fourth-order valence-corrected chi connectivity index (χ4v) is 1.89. The van der Waals surface area contributed by atoms with E-state index in [1.165, 1.54) is 26.4 Å². The van der Waals surface area contributed by atoms with E-state index in [2.05, 4.69) is 4.74 Å². The van der Waals surface area contributed by atoms with Gasteiger partial charge in [-0.2, -0.15) is 0 Å². The third kappa shape index (κ3) is 2.65. The molecule has 88 valence electrons. The molecule has 0 aromatic heterocycles. The molecule has 0 bridgehead atoms. The Morgan fingerprint density at radius 1 is 1.31 bits per heavy atom. The van der Waals surface area contributed by atoms with Crippen LogP contribution >= 0.6 is 10.7 Å². The molecule has 1 aromatic rings. The first kappa shape index (κ1) is 12.8. The highest BCUT2D eigenvalue weighted by Crippen LogP contribution is 2.24. The maximum atomic E-state index is 11.3. The predicted molar refractivity (Wildman–Crippen MR) is 57.4 cm³/mol. The molecule has 7 heteroatoms. The summed E-state index contributed by atoms with van der Waals surface area (Å²) in [7, 11) is 3.81. The Labute approximate surface area is 97.3 Å². The van der Waals surface area contributed by atoms with Gasteiger partial charge in [-0.15, -0.1) is 0 Å². The van der Waals surface area contributed by atoms with Crippen molar-refractivity contribution >= 4 is 25.7 Å². The second-order valence-corrected chi connectivity index (χ2v) is 5.36. The van der Waals surface area contributed by atoms with E-state index in [4.69, 9.17) is 15.4 Å². The van der Waals surface area contributed by atoms with Crippen LogP contribution in [-0.4, -0.2) is 28.6 Å². The van der Waals surface area contributed by atoms with E-state index in [0.717, 1.165) is 6.07 Å². The molecule has 0 atom stereocenters. The number of rotatable bonds is 3. The zero-order valence-electron chi connectivity index (χ0n) is 8.56. The molecule has 1 aromatic carbocycles. The van der Waals surface area contributed by atoms with Crippen LogP contribution in [0.1, 0.15) is 10.4 Å². The van der Waals surface area contributed by atoms with E-state index in [0.29, 0.717) is 0 Å². The summed E-state index contributed by atoms with van der Waals surface area (Å²) in [5.74, 6) is -0.477. The van der Waals surface area contributed by atoms with Crippen molar-refractivity contribution in [1.82, 2.24) is 0 Å². The van der Waals surface area contributed by atoms with Gasteiger partial charge in [-0.3, -0.25) is 0 Å². The molecule has 0 fully saturated rings. The topological polar surface area (TPSA) is 69.7 Å². The van der Waals surface area contributed by atoms with Gasteiger partial charge >= 0.3 is 5.97 Å². The quantitative estimate of drug-likeness (QED) is 0.610. The van der Waals surface area contributed by atoms with E-state index < -0.39 is 15.0 Å². The second-order valence-electron chi connectivity index (χ2n) is 2.79. The monoisotopic (exact) mass is 264 g/mol. The SMILES string of the molecule is COC(=O)c1cc(S(=O)(=O)Cl)ccc1OC. The van der Waals surface area contributed by atoms with Gasteiger partial charge in [0.1, 0.15) is 11.3 Å². The number of ether oxygens (including phenoxy) is 2. The first-order chi connectivity index (χ1) is 7.40. The van der Waals surface area contributed by atoms with Crippen LogP contribution in [0, 0.1) is 0 Å². The molecule has 0 amide bonds. The van der Waals surface area contributed by atoms with Crippen LogP contribution in [0.2, 0.25) is 0 Å². The minimum atomic E-state index is -3.88. The van der Waals surface area contributed by atoms with Gasteiger partial charge in [0, 0.05) is 10.7 Å². The van der Waals surface area contributed by atoms with Crippen LogP contribution < -0.4 is 4.74 Å². The summed E-state index contributed by atoms with van der Waals surface area (Å²) >= 11 is 0. The van der Waals surface area contributed by atoms with Gasteiger partial charge in [-0.1, -0.05) is 0 Å². The molecule has 5 nitrogen and oxygen atoms in total. The van der Waals surface area contributed by atoms with Crippen LogP contribution in [0.3, 0.4) is 0 Å². The number of carbonyl (C=O) groups is 1. The Kier molecular flexibility index (Phi) is 3.77. The van der Waals surface area contributed by atoms with E-state index >= 15 is 0 Å². The van der Waals surface area contributed by atoms with Crippen LogP contribution in [-0.2, 0) is 13.8 Å². The molecule has 0 aliphatic heterocycles. The second kappa shape index (κ2) is 4.71. The van der Waals surface area contributed by atoms with E-state index in [1.54, 1.807) is 0 Å². The lowest BCUT2D eigenvalue weighted by atomic mass is 10.2. The van der Waals surface area contributed by atoms with Gasteiger partial charge in [0.2, 0.25) is 0 Å². The lowest BCUT2D eigenvalue weighted by Crippen LogP contribution is -2.05. The van der Waals surface area contributed by atoms with E-state index in [-0.39, 0.29) is 16.2 Å². The number of benzene rings is 1. The fourth-order valence-electron chi connectivity index (χ4n) is 1.11. The molecule has 0 unspecified atom stereocenters. The highest BCUT2D eigenvalue weighted by Gasteiger charge is 2.18. The molecule has 16 heavy (non-hydrogen) atoms. The first-order valence-corrected chi connectivity index (χ1v) is 6.42. The van der Waals surface area contributed by atoms with Gasteiger partial charge < -0.3 is 9.47 Å². The summed E-state index contributed by atoms with van der Waals surface area (Å²) in [6.07, 6.45) is 0. The maximum absolute atomic E-state index is 11.3. The van der Waals surface area contributed by atoms with Crippen molar-refractivity contribution < 1.29 is 22.7 Å². The Morgan fingerprint density at radius 2 is 1.94 bits per heavy atom. The van der Waals surface area contributed by atoms with Gasteiger partial charge in [0.15, 0.2) is 0 Å². The summed E-state index contributed by atoms with van der Waals surface area (Å²) in [6, 6.07) is 3.68. The molecular formula is C9H9ClO5S. The summed E-state index contributed by atoms with van der Waals surface area (Å²) in [6.45, 7) is 0. The van der Waals surface area contributed by atoms with Crippen molar-refractivity contribution in [3.63, 3.8) is 0 Å². The van der Waals surface area contributed by atoms with Crippen molar-refractivity contribution in [3.8, 4) is 5.75 Å². The number of carbonyl (C=O) groups excluding carboxylic acids is 1. The summed E-state index contributed by atoms with van der Waals surface area (Å²) < 4.78 is 31.5. The van der Waals surface area contributed by atoms with E-state index in [9.17, 15) is 13.2 Å². The Bertz CT molecular complexity index is 509. The Hall–Kier alpha value is -1.27. The molecule has 0 saturated carbocycles. The summed E-state index contributed by atoms with van der Waals surface area (Å²) in [4.78, 5) is 11.1. The lowest BCUT2D eigenvalue weighted by Gasteiger charge is -2.07. The normalized spacial score (nSPS) is 10.9. The zero-order valence-corrected chi connectivity index (χ0v) is 10.1. The van der Waals surface area contributed by atoms with Crippen LogP contribution in [0.15, 0.2) is 23.1 Å². The molecule has 0 aliphatic rings. The molecule has 0 saturated heterocycles. The zero-order chi connectivity index (χ0) is 12.3. The van der Waals surface area contributed by atoms with Crippen molar-refractivity contribution in [3.05, 3.63) is 23.8 Å². The van der Waals surface area contributed by atoms with Crippen LogP contribution in [0.25, 0.3) is 0 Å². The first-order valence-electron chi connectivity index (χ1n) is 4.11. The molecule has 0 radical (unpaired) electrons. The minimum absolute atomic E-state index is 0.00623. The third-order valence-corrected chi connectivity index (χ3v) is 3.21. The molecule has 0 spiro atoms. The number of hydrogen-bond acceptors (Lipinski definition) is 5. The van der Waals surface area contributed by atoms with Gasteiger partial charge in [-0.05, 0) is 18.2 Å². The third-order valence-electron chi connectivity index (χ3n) is 1.86. The number of methoxy groups -OCH3 is 2. The number of halogens is 1. The van der Waals surface area contributed by atoms with Gasteiger partial charge in [0.05, 0.1) is 19.1 Å². The van der Waals surface area contributed by atoms with E-state index in [1.807, 2.05) is 0 Å². The largest absolute Gasteiger partial charge is 0.496 e. The average Bonchev–Trinajstić information content (AvgIpc) is 2.25. The fraction of sp³-hybridized carbons (Fsp3) is 0.222. The number of hydrogen-bond donors (Lipinski definition) is 0. The molecule has 0 heterocycles.